The van der Waals surface area contributed by atoms with Crippen LogP contribution in [0.25, 0.3) is 11.1 Å². The topological polar surface area (TPSA) is 40.5 Å². The van der Waals surface area contributed by atoms with Crippen LogP contribution in [0.5, 0.6) is 0 Å². The summed E-state index contributed by atoms with van der Waals surface area (Å²) in [5.41, 5.74) is 3.13. The van der Waals surface area contributed by atoms with Crippen LogP contribution < -0.4 is 0 Å². The average Bonchev–Trinajstić information content (AvgIpc) is 3.03. The maximum Gasteiger partial charge on any atom is 0.325 e. The van der Waals surface area contributed by atoms with E-state index in [0.29, 0.717) is 0 Å². The number of benzene rings is 2. The minimum atomic E-state index is -0.760. The van der Waals surface area contributed by atoms with Crippen LogP contribution >= 0.6 is 0 Å². The Morgan fingerprint density at radius 1 is 0.905 bits per heavy atom. The molecule has 3 heteroatoms. The fourth-order valence-electron chi connectivity index (χ4n) is 3.00. The minimum Gasteiger partial charge on any atom is -0.480 e. The van der Waals surface area contributed by atoms with Crippen molar-refractivity contribution < 1.29 is 9.90 Å². The Labute approximate surface area is 124 Å². The van der Waals surface area contributed by atoms with Gasteiger partial charge >= 0.3 is 5.97 Å². The Balaban J connectivity index is 1.86. The van der Waals surface area contributed by atoms with Crippen molar-refractivity contribution in [3.63, 3.8) is 0 Å². The van der Waals surface area contributed by atoms with Crippen molar-refractivity contribution in [3.05, 3.63) is 60.2 Å². The maximum absolute atomic E-state index is 11.6. The first-order valence-electron chi connectivity index (χ1n) is 7.38. The summed E-state index contributed by atoms with van der Waals surface area (Å²) in [4.78, 5) is 13.7. The lowest BCUT2D eigenvalue weighted by molar-refractivity contribution is -0.143. The van der Waals surface area contributed by atoms with E-state index in [0.717, 1.165) is 42.6 Å². The monoisotopic (exact) mass is 281 g/mol. The van der Waals surface area contributed by atoms with E-state index in [2.05, 4.69) is 17.0 Å². The van der Waals surface area contributed by atoms with Crippen LogP contribution in [0.3, 0.4) is 0 Å². The van der Waals surface area contributed by atoms with Crippen molar-refractivity contribution >= 4 is 5.97 Å². The van der Waals surface area contributed by atoms with Crippen LogP contribution in [0, 0.1) is 0 Å². The van der Waals surface area contributed by atoms with Crippen LogP contribution in [0.2, 0.25) is 0 Å². The number of carboxylic acid groups (broad SMARTS) is 1. The Bertz CT molecular complexity index is 601. The zero-order valence-corrected chi connectivity index (χ0v) is 11.9. The molecule has 0 spiro atoms. The van der Waals surface area contributed by atoms with Crippen LogP contribution in [-0.2, 0) is 4.79 Å². The highest BCUT2D eigenvalue weighted by Gasteiger charge is 2.29. The molecule has 1 unspecified atom stereocenters. The molecule has 2 aromatic rings. The summed E-state index contributed by atoms with van der Waals surface area (Å²) in [5.74, 6) is -0.760. The van der Waals surface area contributed by atoms with Crippen LogP contribution in [-0.4, -0.2) is 29.1 Å². The molecule has 0 aliphatic carbocycles. The molecule has 1 aliphatic rings. The van der Waals surface area contributed by atoms with E-state index in [-0.39, 0.29) is 0 Å². The fourth-order valence-corrected chi connectivity index (χ4v) is 3.00. The van der Waals surface area contributed by atoms with Gasteiger partial charge in [0, 0.05) is 0 Å². The zero-order chi connectivity index (χ0) is 14.7. The predicted molar refractivity (Wildman–Crippen MR) is 83.1 cm³/mol. The van der Waals surface area contributed by atoms with Gasteiger partial charge in [0.2, 0.25) is 0 Å². The number of aliphatic carboxylic acids is 1. The van der Waals surface area contributed by atoms with Gasteiger partial charge in [0.25, 0.3) is 0 Å². The summed E-state index contributed by atoms with van der Waals surface area (Å²) in [5, 5.41) is 9.53. The van der Waals surface area contributed by atoms with Crippen molar-refractivity contribution in [1.29, 1.82) is 0 Å². The molecular formula is C18H19NO2. The molecule has 0 aromatic heterocycles. The normalized spacial score (nSPS) is 16.8. The van der Waals surface area contributed by atoms with Gasteiger partial charge in [-0.15, -0.1) is 0 Å². The number of carboxylic acids is 1. The summed E-state index contributed by atoms with van der Waals surface area (Å²) in [6, 6.07) is 17.5. The molecule has 3 rings (SSSR count). The largest absolute Gasteiger partial charge is 0.480 e. The molecule has 2 aromatic carbocycles. The van der Waals surface area contributed by atoms with Gasteiger partial charge in [-0.3, -0.25) is 9.69 Å². The number of hydrogen-bond acceptors (Lipinski definition) is 2. The smallest absolute Gasteiger partial charge is 0.325 e. The molecule has 0 bridgehead atoms. The van der Waals surface area contributed by atoms with E-state index in [1.54, 1.807) is 0 Å². The van der Waals surface area contributed by atoms with Crippen LogP contribution in [0.4, 0.5) is 0 Å². The number of rotatable bonds is 4. The third kappa shape index (κ3) is 2.98. The predicted octanol–water partition coefficient (Wildman–Crippen LogP) is 3.58. The summed E-state index contributed by atoms with van der Waals surface area (Å²) < 4.78 is 0. The lowest BCUT2D eigenvalue weighted by Gasteiger charge is -2.24. The molecular weight excluding hydrogens is 262 g/mol. The Kier molecular flexibility index (Phi) is 4.02. The minimum absolute atomic E-state index is 0.516. The molecule has 1 atom stereocenters. The van der Waals surface area contributed by atoms with Crippen molar-refractivity contribution in [2.75, 3.05) is 13.1 Å². The van der Waals surface area contributed by atoms with E-state index < -0.39 is 12.0 Å². The second-order valence-electron chi connectivity index (χ2n) is 5.47. The number of carbonyl (C=O) groups is 1. The van der Waals surface area contributed by atoms with E-state index in [4.69, 9.17) is 0 Å². The van der Waals surface area contributed by atoms with Gasteiger partial charge in [-0.05, 0) is 42.6 Å². The molecule has 1 N–H and O–H groups in total. The quantitative estimate of drug-likeness (QED) is 0.931. The molecule has 0 amide bonds. The van der Waals surface area contributed by atoms with Gasteiger partial charge in [0.05, 0.1) is 0 Å². The number of hydrogen-bond donors (Lipinski definition) is 1. The van der Waals surface area contributed by atoms with E-state index in [9.17, 15) is 9.90 Å². The lowest BCUT2D eigenvalue weighted by Crippen LogP contribution is -2.31. The molecule has 1 heterocycles. The number of likely N-dealkylation sites (tertiary alicyclic amines) is 1. The molecule has 108 valence electrons. The van der Waals surface area contributed by atoms with Crippen molar-refractivity contribution in [2.24, 2.45) is 0 Å². The SMILES string of the molecule is O=C(O)C(c1ccc(-c2ccccc2)cc1)N1CCCC1. The maximum atomic E-state index is 11.6. The molecule has 21 heavy (non-hydrogen) atoms. The van der Waals surface area contributed by atoms with Gasteiger partial charge in [-0.2, -0.15) is 0 Å². The second-order valence-corrected chi connectivity index (χ2v) is 5.47. The Morgan fingerprint density at radius 2 is 1.48 bits per heavy atom. The van der Waals surface area contributed by atoms with Crippen molar-refractivity contribution in [2.45, 2.75) is 18.9 Å². The molecule has 0 saturated carbocycles. The van der Waals surface area contributed by atoms with Gasteiger partial charge < -0.3 is 5.11 Å². The summed E-state index contributed by atoms with van der Waals surface area (Å²) in [7, 11) is 0. The van der Waals surface area contributed by atoms with Crippen LogP contribution in [0.1, 0.15) is 24.4 Å². The Hall–Kier alpha value is -2.13. The lowest BCUT2D eigenvalue weighted by atomic mass is 10.00. The van der Waals surface area contributed by atoms with E-state index in [1.165, 1.54) is 0 Å². The summed E-state index contributed by atoms with van der Waals surface area (Å²) >= 11 is 0. The zero-order valence-electron chi connectivity index (χ0n) is 11.9. The van der Waals surface area contributed by atoms with Crippen molar-refractivity contribution in [1.82, 2.24) is 4.90 Å². The van der Waals surface area contributed by atoms with Gasteiger partial charge in [-0.1, -0.05) is 54.6 Å². The fraction of sp³-hybridized carbons (Fsp3) is 0.278. The van der Waals surface area contributed by atoms with E-state index >= 15 is 0 Å². The first-order valence-corrected chi connectivity index (χ1v) is 7.38. The molecule has 1 fully saturated rings. The Morgan fingerprint density at radius 3 is 2.05 bits per heavy atom. The van der Waals surface area contributed by atoms with Crippen molar-refractivity contribution in [3.8, 4) is 11.1 Å². The van der Waals surface area contributed by atoms with E-state index in [1.807, 2.05) is 42.5 Å². The first kappa shape index (κ1) is 13.8. The third-order valence-corrected chi connectivity index (χ3v) is 4.07. The summed E-state index contributed by atoms with van der Waals surface area (Å²) in [6.07, 6.45) is 2.18. The molecule has 1 aliphatic heterocycles. The third-order valence-electron chi connectivity index (χ3n) is 4.07. The van der Waals surface area contributed by atoms with Gasteiger partial charge in [0.15, 0.2) is 0 Å². The second kappa shape index (κ2) is 6.10. The molecule has 3 nitrogen and oxygen atoms in total. The molecule has 0 radical (unpaired) electrons. The highest BCUT2D eigenvalue weighted by atomic mass is 16.4. The first-order chi connectivity index (χ1) is 10.3. The number of nitrogens with zero attached hydrogens (tertiary/aromatic N) is 1. The highest BCUT2D eigenvalue weighted by Crippen LogP contribution is 2.27. The average molecular weight is 281 g/mol. The van der Waals surface area contributed by atoms with Gasteiger partial charge in [0.1, 0.15) is 6.04 Å². The summed E-state index contributed by atoms with van der Waals surface area (Å²) in [6.45, 7) is 1.74. The molecule has 1 saturated heterocycles. The highest BCUT2D eigenvalue weighted by molar-refractivity contribution is 5.76. The van der Waals surface area contributed by atoms with Gasteiger partial charge in [-0.25, -0.2) is 0 Å². The van der Waals surface area contributed by atoms with Crippen LogP contribution in [0.15, 0.2) is 54.6 Å². The standard InChI is InChI=1S/C18H19NO2/c20-18(21)17(19-12-4-5-13-19)16-10-8-15(9-11-16)14-6-2-1-3-7-14/h1-3,6-11,17H,4-5,12-13H2,(H,20,21).